The number of alkyl halides is 2. The summed E-state index contributed by atoms with van der Waals surface area (Å²) in [4.78, 5) is 2.29. The molecule has 0 radical (unpaired) electrons. The summed E-state index contributed by atoms with van der Waals surface area (Å²) in [5.74, 6) is 0.203. The fraction of sp³-hybridized carbons (Fsp3) is 0.611. The third-order valence-electron chi connectivity index (χ3n) is 4.10. The molecule has 0 aromatic heterocycles. The standard InChI is InChI=1S/C16H20F2N2O.C2H6/c1-16(5-8-19)6-9-20(10-7-16)12-13-3-2-4-14(11-13)21-15(17)18;1-2/h2-4,11,15H,5-7,9-10,12H2,1H3;1-2H3. The summed E-state index contributed by atoms with van der Waals surface area (Å²) in [5.41, 5.74) is 1.09. The van der Waals surface area contributed by atoms with Crippen molar-refractivity contribution in [3.8, 4) is 11.8 Å². The Morgan fingerprint density at radius 3 is 2.52 bits per heavy atom. The maximum absolute atomic E-state index is 12.2. The Morgan fingerprint density at radius 2 is 1.96 bits per heavy atom. The smallest absolute Gasteiger partial charge is 0.387 e. The molecule has 128 valence electrons. The van der Waals surface area contributed by atoms with Gasteiger partial charge in [-0.15, -0.1) is 0 Å². The molecule has 1 aromatic rings. The predicted octanol–water partition coefficient (Wildman–Crippen LogP) is 4.83. The summed E-state index contributed by atoms with van der Waals surface area (Å²) in [7, 11) is 0. The Morgan fingerprint density at radius 1 is 1.30 bits per heavy atom. The first-order chi connectivity index (χ1) is 11.0. The van der Waals surface area contributed by atoms with E-state index in [4.69, 9.17) is 5.26 Å². The molecule has 5 heteroatoms. The predicted molar refractivity (Wildman–Crippen MR) is 87.3 cm³/mol. The Bertz CT molecular complexity index is 506. The van der Waals surface area contributed by atoms with Gasteiger partial charge in [-0.3, -0.25) is 4.90 Å². The Balaban J connectivity index is 0.00000127. The number of hydrogen-bond donors (Lipinski definition) is 0. The second-order valence-corrected chi connectivity index (χ2v) is 5.95. The number of halogens is 2. The minimum absolute atomic E-state index is 0.117. The Labute approximate surface area is 137 Å². The van der Waals surface area contributed by atoms with Gasteiger partial charge in [0.25, 0.3) is 0 Å². The van der Waals surface area contributed by atoms with Crippen molar-refractivity contribution < 1.29 is 13.5 Å². The monoisotopic (exact) mass is 324 g/mol. The molecule has 23 heavy (non-hydrogen) atoms. The van der Waals surface area contributed by atoms with Crippen LogP contribution in [0.15, 0.2) is 24.3 Å². The molecule has 1 fully saturated rings. The third-order valence-corrected chi connectivity index (χ3v) is 4.10. The van der Waals surface area contributed by atoms with E-state index in [9.17, 15) is 8.78 Å². The summed E-state index contributed by atoms with van der Waals surface area (Å²) in [5, 5.41) is 8.85. The van der Waals surface area contributed by atoms with Crippen molar-refractivity contribution in [1.82, 2.24) is 4.90 Å². The van der Waals surface area contributed by atoms with Gasteiger partial charge in [-0.05, 0) is 49.0 Å². The van der Waals surface area contributed by atoms with Crippen molar-refractivity contribution >= 4 is 0 Å². The maximum atomic E-state index is 12.2. The van der Waals surface area contributed by atoms with Crippen LogP contribution in [0, 0.1) is 16.7 Å². The van der Waals surface area contributed by atoms with Gasteiger partial charge in [0.2, 0.25) is 0 Å². The zero-order valence-corrected chi connectivity index (χ0v) is 14.2. The second kappa shape index (κ2) is 9.46. The van der Waals surface area contributed by atoms with Crippen molar-refractivity contribution in [2.75, 3.05) is 13.1 Å². The lowest BCUT2D eigenvalue weighted by molar-refractivity contribution is -0.0499. The van der Waals surface area contributed by atoms with E-state index in [0.29, 0.717) is 6.42 Å². The second-order valence-electron chi connectivity index (χ2n) is 5.95. The summed E-state index contributed by atoms with van der Waals surface area (Å²) < 4.78 is 28.8. The van der Waals surface area contributed by atoms with Crippen molar-refractivity contribution in [1.29, 1.82) is 5.26 Å². The number of hydrogen-bond acceptors (Lipinski definition) is 3. The van der Waals surface area contributed by atoms with Gasteiger partial charge in [0, 0.05) is 13.0 Å². The van der Waals surface area contributed by atoms with Crippen LogP contribution in [0.25, 0.3) is 0 Å². The summed E-state index contributed by atoms with van der Waals surface area (Å²) in [6.45, 7) is 5.95. The van der Waals surface area contributed by atoms with Gasteiger partial charge in [0.05, 0.1) is 6.07 Å². The number of likely N-dealkylation sites (tertiary alicyclic amines) is 1. The largest absolute Gasteiger partial charge is 0.435 e. The van der Waals surface area contributed by atoms with Gasteiger partial charge in [-0.25, -0.2) is 0 Å². The molecule has 1 aliphatic heterocycles. The van der Waals surface area contributed by atoms with E-state index in [0.717, 1.165) is 38.0 Å². The van der Waals surface area contributed by atoms with Crippen molar-refractivity contribution in [2.45, 2.75) is 53.2 Å². The molecule has 0 spiro atoms. The minimum atomic E-state index is -2.79. The lowest BCUT2D eigenvalue weighted by atomic mass is 9.78. The first-order valence-corrected chi connectivity index (χ1v) is 8.14. The van der Waals surface area contributed by atoms with Crippen LogP contribution < -0.4 is 4.74 Å². The summed E-state index contributed by atoms with van der Waals surface area (Å²) in [6, 6.07) is 9.11. The van der Waals surface area contributed by atoms with E-state index < -0.39 is 6.61 Å². The van der Waals surface area contributed by atoms with E-state index >= 15 is 0 Å². The van der Waals surface area contributed by atoms with Crippen LogP contribution in [0.4, 0.5) is 8.78 Å². The van der Waals surface area contributed by atoms with Crippen LogP contribution in [-0.4, -0.2) is 24.6 Å². The molecule has 0 aliphatic carbocycles. The SMILES string of the molecule is CC.CC1(CC#N)CCN(Cc2cccc(OC(F)F)c2)CC1. The first-order valence-electron chi connectivity index (χ1n) is 8.14. The number of benzene rings is 1. The normalized spacial score (nSPS) is 17.1. The Kier molecular flexibility index (Phi) is 7.97. The molecule has 0 atom stereocenters. The highest BCUT2D eigenvalue weighted by Gasteiger charge is 2.29. The fourth-order valence-corrected chi connectivity index (χ4v) is 2.70. The molecule has 1 aromatic carbocycles. The molecule has 1 heterocycles. The minimum Gasteiger partial charge on any atom is -0.435 e. The van der Waals surface area contributed by atoms with E-state index in [2.05, 4.69) is 22.6 Å². The number of nitrogens with zero attached hydrogens (tertiary/aromatic N) is 2. The van der Waals surface area contributed by atoms with E-state index in [-0.39, 0.29) is 11.2 Å². The van der Waals surface area contributed by atoms with Crippen molar-refractivity contribution in [3.05, 3.63) is 29.8 Å². The highest BCUT2D eigenvalue weighted by molar-refractivity contribution is 5.28. The number of rotatable bonds is 5. The average molecular weight is 324 g/mol. The first kappa shape index (κ1) is 19.4. The van der Waals surface area contributed by atoms with Crippen molar-refractivity contribution in [3.63, 3.8) is 0 Å². The third kappa shape index (κ3) is 6.54. The number of nitriles is 1. The summed E-state index contributed by atoms with van der Waals surface area (Å²) >= 11 is 0. The molecule has 0 saturated carbocycles. The zero-order chi connectivity index (χ0) is 17.3. The average Bonchev–Trinajstić information content (AvgIpc) is 2.52. The van der Waals surface area contributed by atoms with Gasteiger partial charge in [-0.1, -0.05) is 32.9 Å². The van der Waals surface area contributed by atoms with Crippen LogP contribution >= 0.6 is 0 Å². The van der Waals surface area contributed by atoms with Crippen LogP contribution in [0.1, 0.15) is 45.6 Å². The maximum Gasteiger partial charge on any atom is 0.387 e. The lowest BCUT2D eigenvalue weighted by Gasteiger charge is -2.38. The number of piperidine rings is 1. The van der Waals surface area contributed by atoms with Crippen molar-refractivity contribution in [2.24, 2.45) is 5.41 Å². The van der Waals surface area contributed by atoms with E-state index in [1.54, 1.807) is 12.1 Å². The van der Waals surface area contributed by atoms with Gasteiger partial charge < -0.3 is 4.74 Å². The molecule has 1 aliphatic rings. The van der Waals surface area contributed by atoms with Crippen LogP contribution in [0.3, 0.4) is 0 Å². The van der Waals surface area contributed by atoms with Gasteiger partial charge in [0.1, 0.15) is 5.75 Å². The van der Waals surface area contributed by atoms with Crippen LogP contribution in [-0.2, 0) is 6.54 Å². The van der Waals surface area contributed by atoms with Crippen LogP contribution in [0.5, 0.6) is 5.75 Å². The van der Waals surface area contributed by atoms with E-state index in [1.807, 2.05) is 19.9 Å². The molecular formula is C18H26F2N2O. The van der Waals surface area contributed by atoms with Crippen LogP contribution in [0.2, 0.25) is 0 Å². The zero-order valence-electron chi connectivity index (χ0n) is 14.2. The topological polar surface area (TPSA) is 36.3 Å². The Hall–Kier alpha value is -1.67. The highest BCUT2D eigenvalue weighted by atomic mass is 19.3. The lowest BCUT2D eigenvalue weighted by Crippen LogP contribution is -2.38. The number of ether oxygens (including phenoxy) is 1. The quantitative estimate of drug-likeness (QED) is 0.778. The van der Waals surface area contributed by atoms with Gasteiger partial charge in [-0.2, -0.15) is 14.0 Å². The fourth-order valence-electron chi connectivity index (χ4n) is 2.70. The van der Waals surface area contributed by atoms with Gasteiger partial charge >= 0.3 is 6.61 Å². The molecule has 1 saturated heterocycles. The summed E-state index contributed by atoms with van der Waals surface area (Å²) in [6.07, 6.45) is 2.58. The molecule has 0 N–H and O–H groups in total. The molecule has 0 amide bonds. The molecule has 3 nitrogen and oxygen atoms in total. The molecule has 2 rings (SSSR count). The molecular weight excluding hydrogens is 298 g/mol. The molecule has 0 unspecified atom stereocenters. The highest BCUT2D eigenvalue weighted by Crippen LogP contribution is 2.34. The van der Waals surface area contributed by atoms with Gasteiger partial charge in [0.15, 0.2) is 0 Å². The molecule has 0 bridgehead atoms. The van der Waals surface area contributed by atoms with E-state index in [1.165, 1.54) is 6.07 Å².